The first-order valence-electron chi connectivity index (χ1n) is 10.2. The van der Waals surface area contributed by atoms with Crippen molar-refractivity contribution in [1.29, 1.82) is 0 Å². The molecule has 0 aliphatic heterocycles. The Morgan fingerprint density at radius 2 is 1.96 bits per heavy atom. The van der Waals surface area contributed by atoms with Crippen molar-refractivity contribution in [3.63, 3.8) is 0 Å². The predicted octanol–water partition coefficient (Wildman–Crippen LogP) is 6.31. The fraction of sp³-hybridized carbons (Fsp3) is 0.696. The van der Waals surface area contributed by atoms with E-state index in [2.05, 4.69) is 71.6 Å². The molecule has 2 rings (SSSR count). The van der Waals surface area contributed by atoms with Gasteiger partial charge in [0.2, 0.25) is 0 Å². The second-order valence-electron chi connectivity index (χ2n) is 10.6. The smallest absolute Gasteiger partial charge is 0.316 e. The van der Waals surface area contributed by atoms with Crippen LogP contribution in [0, 0.1) is 5.92 Å². The molecule has 1 saturated carbocycles. The zero-order chi connectivity index (χ0) is 19.6. The number of hydrogen-bond acceptors (Lipinski definition) is 2. The van der Waals surface area contributed by atoms with E-state index in [1.807, 2.05) is 0 Å². The van der Waals surface area contributed by atoms with Crippen LogP contribution in [0.1, 0.15) is 64.5 Å². The lowest BCUT2D eigenvalue weighted by molar-refractivity contribution is -0.152. The molecule has 2 atom stereocenters. The summed E-state index contributed by atoms with van der Waals surface area (Å²) in [5.74, 6) is 0.569. The molecule has 0 heterocycles. The van der Waals surface area contributed by atoms with E-state index in [4.69, 9.17) is 4.74 Å². The molecule has 0 aromatic heterocycles. The highest BCUT2D eigenvalue weighted by Crippen LogP contribution is 2.44. The summed E-state index contributed by atoms with van der Waals surface area (Å²) in [5, 5.41) is 0. The van der Waals surface area contributed by atoms with Crippen LogP contribution >= 0.6 is 0 Å². The summed E-state index contributed by atoms with van der Waals surface area (Å²) in [5.41, 5.74) is 2.08. The zero-order valence-corrected chi connectivity index (χ0v) is 18.9. The number of hydrogen-bond donors (Lipinski definition) is 0. The highest BCUT2D eigenvalue weighted by molar-refractivity contribution is 6.76. The Labute approximate surface area is 161 Å². The lowest BCUT2D eigenvalue weighted by Crippen LogP contribution is -2.42. The van der Waals surface area contributed by atoms with Gasteiger partial charge in [-0.25, -0.2) is 0 Å². The minimum atomic E-state index is -1.20. The maximum absolute atomic E-state index is 13.3. The zero-order valence-electron chi connectivity index (χ0n) is 17.9. The van der Waals surface area contributed by atoms with Gasteiger partial charge < -0.3 is 4.74 Å². The van der Waals surface area contributed by atoms with Crippen molar-refractivity contribution in [1.82, 2.24) is 0 Å². The van der Waals surface area contributed by atoms with Crippen molar-refractivity contribution < 1.29 is 9.53 Å². The Balaban J connectivity index is 2.32. The van der Waals surface area contributed by atoms with Crippen molar-refractivity contribution >= 4 is 14.0 Å². The lowest BCUT2D eigenvalue weighted by Gasteiger charge is -2.39. The van der Waals surface area contributed by atoms with Gasteiger partial charge in [0.05, 0.1) is 12.0 Å². The molecular formula is C23H38O2Si. The van der Waals surface area contributed by atoms with E-state index in [0.717, 1.165) is 30.9 Å². The summed E-state index contributed by atoms with van der Waals surface area (Å²) >= 11 is 0. The van der Waals surface area contributed by atoms with Crippen LogP contribution in [-0.4, -0.2) is 20.7 Å². The Hall–Kier alpha value is -1.09. The number of carbonyl (C=O) groups is 1. The van der Waals surface area contributed by atoms with Crippen molar-refractivity contribution in [2.45, 2.75) is 89.9 Å². The minimum absolute atomic E-state index is 0.00774. The first-order chi connectivity index (χ1) is 11.9. The van der Waals surface area contributed by atoms with Crippen molar-refractivity contribution in [2.24, 2.45) is 5.92 Å². The van der Waals surface area contributed by atoms with Gasteiger partial charge in [-0.3, -0.25) is 4.79 Å². The second kappa shape index (κ2) is 7.88. The first kappa shape index (κ1) is 21.2. The maximum atomic E-state index is 13.3. The predicted molar refractivity (Wildman–Crippen MR) is 114 cm³/mol. The Kier molecular flexibility index (Phi) is 6.43. The molecule has 2 unspecified atom stereocenters. The molecule has 146 valence electrons. The molecule has 1 aliphatic rings. The quantitative estimate of drug-likeness (QED) is 0.445. The Morgan fingerprint density at radius 1 is 1.27 bits per heavy atom. The van der Waals surface area contributed by atoms with E-state index in [1.54, 1.807) is 0 Å². The molecule has 0 amide bonds. The summed E-state index contributed by atoms with van der Waals surface area (Å²) in [7, 11) is -1.20. The van der Waals surface area contributed by atoms with Gasteiger partial charge in [0.15, 0.2) is 0 Å². The lowest BCUT2D eigenvalue weighted by atomic mass is 9.65. The molecule has 3 heteroatoms. The third-order valence-electron chi connectivity index (χ3n) is 5.75. The molecular weight excluding hydrogens is 336 g/mol. The van der Waals surface area contributed by atoms with E-state index < -0.39 is 13.5 Å². The Morgan fingerprint density at radius 3 is 2.54 bits per heavy atom. The van der Waals surface area contributed by atoms with Crippen LogP contribution in [0.2, 0.25) is 25.7 Å². The fourth-order valence-electron chi connectivity index (χ4n) is 3.99. The van der Waals surface area contributed by atoms with Crippen molar-refractivity contribution in [2.75, 3.05) is 6.61 Å². The van der Waals surface area contributed by atoms with E-state index in [0.29, 0.717) is 12.5 Å². The van der Waals surface area contributed by atoms with Crippen LogP contribution < -0.4 is 0 Å². The van der Waals surface area contributed by atoms with Gasteiger partial charge in [-0.1, -0.05) is 84.4 Å². The highest BCUT2D eigenvalue weighted by atomic mass is 28.3. The monoisotopic (exact) mass is 374 g/mol. The van der Waals surface area contributed by atoms with E-state index in [-0.39, 0.29) is 11.4 Å². The summed E-state index contributed by atoms with van der Waals surface area (Å²) in [4.78, 5) is 13.3. The molecule has 2 nitrogen and oxygen atoms in total. The number of esters is 1. The molecule has 1 aromatic rings. The standard InChI is InChI=1S/C23H38O2Si/c1-18-10-9-13-23(17-18,21(24)25-14-15-26(5,6)7)20-12-8-11-19(16-20)22(2,3)4/h8,11-12,16,18H,9-10,13-15,17H2,1-7H3. The molecule has 1 aromatic carbocycles. The van der Waals surface area contributed by atoms with E-state index >= 15 is 0 Å². The Bertz CT molecular complexity index is 624. The number of rotatable bonds is 5. The maximum Gasteiger partial charge on any atom is 0.316 e. The van der Waals surface area contributed by atoms with E-state index in [1.165, 1.54) is 12.0 Å². The van der Waals surface area contributed by atoms with Crippen LogP contribution in [0.25, 0.3) is 0 Å². The van der Waals surface area contributed by atoms with Gasteiger partial charge in [-0.2, -0.15) is 0 Å². The highest BCUT2D eigenvalue weighted by Gasteiger charge is 2.45. The van der Waals surface area contributed by atoms with Crippen LogP contribution in [0.5, 0.6) is 0 Å². The largest absolute Gasteiger partial charge is 0.465 e. The van der Waals surface area contributed by atoms with Gasteiger partial charge in [-0.05, 0) is 41.3 Å². The molecule has 0 N–H and O–H groups in total. The van der Waals surface area contributed by atoms with Crippen LogP contribution in [0.15, 0.2) is 24.3 Å². The van der Waals surface area contributed by atoms with Gasteiger partial charge in [0.25, 0.3) is 0 Å². The van der Waals surface area contributed by atoms with Gasteiger partial charge >= 0.3 is 5.97 Å². The SMILES string of the molecule is CC1CCCC(C(=O)OCC[Si](C)(C)C)(c2cccc(C(C)(C)C)c2)C1. The third kappa shape index (κ3) is 5.22. The molecule has 26 heavy (non-hydrogen) atoms. The average molecular weight is 375 g/mol. The minimum Gasteiger partial charge on any atom is -0.465 e. The van der Waals surface area contributed by atoms with Crippen molar-refractivity contribution in [3.05, 3.63) is 35.4 Å². The number of benzene rings is 1. The molecule has 0 bridgehead atoms. The van der Waals surface area contributed by atoms with Crippen LogP contribution in [0.4, 0.5) is 0 Å². The first-order valence-corrected chi connectivity index (χ1v) is 13.9. The molecule has 1 aliphatic carbocycles. The summed E-state index contributed by atoms with van der Waals surface area (Å²) in [6, 6.07) is 9.74. The molecule has 0 spiro atoms. The van der Waals surface area contributed by atoms with Gasteiger partial charge in [0, 0.05) is 8.07 Å². The van der Waals surface area contributed by atoms with E-state index in [9.17, 15) is 4.79 Å². The van der Waals surface area contributed by atoms with Gasteiger partial charge in [0.1, 0.15) is 0 Å². The van der Waals surface area contributed by atoms with Crippen molar-refractivity contribution in [3.8, 4) is 0 Å². The normalized spacial score (nSPS) is 24.3. The fourth-order valence-corrected chi connectivity index (χ4v) is 4.70. The molecule has 1 fully saturated rings. The average Bonchev–Trinajstić information content (AvgIpc) is 2.52. The summed E-state index contributed by atoms with van der Waals surface area (Å²) in [6.45, 7) is 16.5. The summed E-state index contributed by atoms with van der Waals surface area (Å²) in [6.07, 6.45) is 4.13. The number of ether oxygens (including phenoxy) is 1. The summed E-state index contributed by atoms with van der Waals surface area (Å²) < 4.78 is 5.88. The van der Waals surface area contributed by atoms with Gasteiger partial charge in [-0.15, -0.1) is 0 Å². The topological polar surface area (TPSA) is 26.3 Å². The molecule has 0 saturated heterocycles. The number of carbonyl (C=O) groups excluding carboxylic acids is 1. The van der Waals surface area contributed by atoms with Crippen LogP contribution in [0.3, 0.4) is 0 Å². The van der Waals surface area contributed by atoms with Crippen LogP contribution in [-0.2, 0) is 20.4 Å². The second-order valence-corrected chi connectivity index (χ2v) is 16.2. The third-order valence-corrected chi connectivity index (χ3v) is 7.46. The molecule has 0 radical (unpaired) electrons.